The van der Waals surface area contributed by atoms with Crippen LogP contribution in [-0.4, -0.2) is 62.7 Å². The molecule has 2 fully saturated rings. The Morgan fingerprint density at radius 3 is 2.62 bits per heavy atom. The largest absolute Gasteiger partial charge is 0.317 e. The van der Waals surface area contributed by atoms with E-state index in [-0.39, 0.29) is 0 Å². The highest BCUT2D eigenvalue weighted by molar-refractivity contribution is 4.85. The van der Waals surface area contributed by atoms with Gasteiger partial charge >= 0.3 is 0 Å². The summed E-state index contributed by atoms with van der Waals surface area (Å²) in [6, 6.07) is 0.743. The summed E-state index contributed by atoms with van der Waals surface area (Å²) in [5.41, 5.74) is 0. The summed E-state index contributed by atoms with van der Waals surface area (Å²) >= 11 is 0. The fourth-order valence-corrected chi connectivity index (χ4v) is 4.42. The number of rotatable bonds is 8. The number of likely N-dealkylation sites (tertiary alicyclic amines) is 1. The lowest BCUT2D eigenvalue weighted by Crippen LogP contribution is -2.45. The SMILES string of the molecule is CCCC1CCC(NC)C(CN(C)CCN2CCCC2)C1. The maximum Gasteiger partial charge on any atom is 0.0109 e. The molecule has 0 aromatic carbocycles. The molecular formula is C18H37N3. The Balaban J connectivity index is 1.74. The second-order valence-corrected chi connectivity index (χ2v) is 7.43. The zero-order valence-electron chi connectivity index (χ0n) is 14.6. The minimum absolute atomic E-state index is 0.743. The van der Waals surface area contributed by atoms with Gasteiger partial charge in [0, 0.05) is 25.7 Å². The first-order valence-electron chi connectivity index (χ1n) is 9.31. The van der Waals surface area contributed by atoms with Crippen molar-refractivity contribution in [3.05, 3.63) is 0 Å². The summed E-state index contributed by atoms with van der Waals surface area (Å²) < 4.78 is 0. The van der Waals surface area contributed by atoms with Crippen molar-refractivity contribution in [3.63, 3.8) is 0 Å². The Bertz CT molecular complexity index is 276. The van der Waals surface area contributed by atoms with Gasteiger partial charge < -0.3 is 15.1 Å². The molecule has 3 nitrogen and oxygen atoms in total. The van der Waals surface area contributed by atoms with Crippen molar-refractivity contribution in [1.82, 2.24) is 15.1 Å². The molecule has 1 aliphatic carbocycles. The van der Waals surface area contributed by atoms with E-state index in [9.17, 15) is 0 Å². The van der Waals surface area contributed by atoms with E-state index in [1.807, 2.05) is 0 Å². The van der Waals surface area contributed by atoms with Crippen LogP contribution in [0.25, 0.3) is 0 Å². The van der Waals surface area contributed by atoms with Crippen LogP contribution in [0.3, 0.4) is 0 Å². The maximum absolute atomic E-state index is 3.58. The molecule has 1 aliphatic heterocycles. The van der Waals surface area contributed by atoms with E-state index in [4.69, 9.17) is 0 Å². The van der Waals surface area contributed by atoms with Gasteiger partial charge in [0.05, 0.1) is 0 Å². The Hall–Kier alpha value is -0.120. The second-order valence-electron chi connectivity index (χ2n) is 7.43. The Labute approximate surface area is 132 Å². The van der Waals surface area contributed by atoms with Gasteiger partial charge in [0.2, 0.25) is 0 Å². The summed E-state index contributed by atoms with van der Waals surface area (Å²) in [6.07, 6.45) is 9.86. The molecule has 0 radical (unpaired) electrons. The quantitative estimate of drug-likeness (QED) is 0.743. The highest BCUT2D eigenvalue weighted by Gasteiger charge is 2.29. The molecule has 1 saturated heterocycles. The number of nitrogens with zero attached hydrogens (tertiary/aromatic N) is 2. The van der Waals surface area contributed by atoms with E-state index >= 15 is 0 Å². The molecule has 3 heteroatoms. The van der Waals surface area contributed by atoms with E-state index < -0.39 is 0 Å². The highest BCUT2D eigenvalue weighted by atomic mass is 15.2. The minimum Gasteiger partial charge on any atom is -0.317 e. The van der Waals surface area contributed by atoms with E-state index in [0.29, 0.717) is 0 Å². The summed E-state index contributed by atoms with van der Waals surface area (Å²) in [5, 5.41) is 3.58. The summed E-state index contributed by atoms with van der Waals surface area (Å²) in [7, 11) is 4.48. The van der Waals surface area contributed by atoms with Crippen molar-refractivity contribution in [2.75, 3.05) is 46.8 Å². The standard InChI is InChI=1S/C18H37N3/c1-4-7-16-8-9-18(19-2)17(14-16)15-20(3)12-13-21-10-5-6-11-21/h16-19H,4-15H2,1-3H3. The minimum atomic E-state index is 0.743. The molecule has 0 bridgehead atoms. The summed E-state index contributed by atoms with van der Waals surface area (Å²) in [4.78, 5) is 5.22. The first-order chi connectivity index (χ1) is 10.2. The van der Waals surface area contributed by atoms with Crippen LogP contribution in [0, 0.1) is 11.8 Å². The maximum atomic E-state index is 3.58. The Morgan fingerprint density at radius 1 is 1.19 bits per heavy atom. The van der Waals surface area contributed by atoms with Crippen molar-refractivity contribution in [3.8, 4) is 0 Å². The van der Waals surface area contributed by atoms with Crippen LogP contribution < -0.4 is 5.32 Å². The number of likely N-dealkylation sites (N-methyl/N-ethyl adjacent to an activating group) is 1. The second kappa shape index (κ2) is 9.12. The third-order valence-electron chi connectivity index (χ3n) is 5.70. The first-order valence-corrected chi connectivity index (χ1v) is 9.31. The topological polar surface area (TPSA) is 18.5 Å². The molecule has 2 rings (SSSR count). The van der Waals surface area contributed by atoms with Gasteiger partial charge in [-0.05, 0) is 71.1 Å². The van der Waals surface area contributed by atoms with Crippen LogP contribution in [-0.2, 0) is 0 Å². The molecule has 0 aromatic rings. The van der Waals surface area contributed by atoms with Crippen LogP contribution in [0.5, 0.6) is 0 Å². The van der Waals surface area contributed by atoms with E-state index in [1.54, 1.807) is 0 Å². The van der Waals surface area contributed by atoms with Crippen molar-refractivity contribution >= 4 is 0 Å². The Kier molecular flexibility index (Phi) is 7.48. The predicted octanol–water partition coefficient (Wildman–Crippen LogP) is 2.82. The number of hydrogen-bond donors (Lipinski definition) is 1. The molecule has 1 N–H and O–H groups in total. The van der Waals surface area contributed by atoms with E-state index in [1.165, 1.54) is 77.7 Å². The van der Waals surface area contributed by atoms with Crippen molar-refractivity contribution in [2.24, 2.45) is 11.8 Å². The van der Waals surface area contributed by atoms with Gasteiger partial charge in [-0.15, -0.1) is 0 Å². The van der Waals surface area contributed by atoms with Gasteiger partial charge in [-0.3, -0.25) is 0 Å². The third-order valence-corrected chi connectivity index (χ3v) is 5.70. The lowest BCUT2D eigenvalue weighted by atomic mass is 9.76. The fourth-order valence-electron chi connectivity index (χ4n) is 4.42. The molecule has 3 atom stereocenters. The van der Waals surface area contributed by atoms with Crippen LogP contribution >= 0.6 is 0 Å². The van der Waals surface area contributed by atoms with Crippen LogP contribution in [0.15, 0.2) is 0 Å². The molecule has 2 aliphatic rings. The molecular weight excluding hydrogens is 258 g/mol. The van der Waals surface area contributed by atoms with Crippen molar-refractivity contribution < 1.29 is 0 Å². The average molecular weight is 296 g/mol. The van der Waals surface area contributed by atoms with Gasteiger partial charge in [-0.25, -0.2) is 0 Å². The van der Waals surface area contributed by atoms with Crippen LogP contribution in [0.1, 0.15) is 51.9 Å². The summed E-state index contributed by atoms with van der Waals surface area (Å²) in [5.74, 6) is 1.83. The van der Waals surface area contributed by atoms with E-state index in [2.05, 4.69) is 36.1 Å². The van der Waals surface area contributed by atoms with Crippen molar-refractivity contribution in [1.29, 1.82) is 0 Å². The molecule has 0 aromatic heterocycles. The van der Waals surface area contributed by atoms with Crippen LogP contribution in [0.4, 0.5) is 0 Å². The lowest BCUT2D eigenvalue weighted by molar-refractivity contribution is 0.146. The molecule has 3 unspecified atom stereocenters. The van der Waals surface area contributed by atoms with Crippen LogP contribution in [0.2, 0.25) is 0 Å². The highest BCUT2D eigenvalue weighted by Crippen LogP contribution is 2.32. The predicted molar refractivity (Wildman–Crippen MR) is 91.8 cm³/mol. The molecule has 1 heterocycles. The van der Waals surface area contributed by atoms with Gasteiger partial charge in [-0.2, -0.15) is 0 Å². The smallest absolute Gasteiger partial charge is 0.0109 e. The molecule has 0 spiro atoms. The summed E-state index contributed by atoms with van der Waals surface area (Å²) in [6.45, 7) is 8.78. The molecule has 1 saturated carbocycles. The lowest BCUT2D eigenvalue weighted by Gasteiger charge is -2.38. The van der Waals surface area contributed by atoms with Gasteiger partial charge in [0.25, 0.3) is 0 Å². The Morgan fingerprint density at radius 2 is 1.95 bits per heavy atom. The monoisotopic (exact) mass is 295 g/mol. The fraction of sp³-hybridized carbons (Fsp3) is 1.00. The zero-order chi connectivity index (χ0) is 15.1. The third kappa shape index (κ3) is 5.54. The van der Waals surface area contributed by atoms with E-state index in [0.717, 1.165) is 17.9 Å². The van der Waals surface area contributed by atoms with Crippen molar-refractivity contribution in [2.45, 2.75) is 57.9 Å². The molecule has 0 amide bonds. The normalized spacial score (nSPS) is 31.1. The average Bonchev–Trinajstić information content (AvgIpc) is 2.99. The number of nitrogens with one attached hydrogen (secondary N) is 1. The van der Waals surface area contributed by atoms with Gasteiger partial charge in [-0.1, -0.05) is 19.8 Å². The van der Waals surface area contributed by atoms with Gasteiger partial charge in [0.1, 0.15) is 0 Å². The number of hydrogen-bond acceptors (Lipinski definition) is 3. The first kappa shape index (κ1) is 17.2. The zero-order valence-corrected chi connectivity index (χ0v) is 14.6. The molecule has 124 valence electrons. The molecule has 21 heavy (non-hydrogen) atoms. The van der Waals surface area contributed by atoms with Gasteiger partial charge in [0.15, 0.2) is 0 Å².